The molecular weight excluding hydrogens is 424 g/mol. The van der Waals surface area contributed by atoms with E-state index in [0.29, 0.717) is 34.5 Å². The van der Waals surface area contributed by atoms with Crippen molar-refractivity contribution in [2.45, 2.75) is 12.8 Å². The van der Waals surface area contributed by atoms with Crippen LogP contribution in [0.25, 0.3) is 22.3 Å². The van der Waals surface area contributed by atoms with Gasteiger partial charge in [0.25, 0.3) is 0 Å². The Kier molecular flexibility index (Phi) is 5.31. The molecule has 2 N–H and O–H groups in total. The molecule has 0 spiro atoms. The second kappa shape index (κ2) is 8.15. The third kappa shape index (κ3) is 3.61. The second-order valence-corrected chi connectivity index (χ2v) is 8.75. The third-order valence-electron chi connectivity index (χ3n) is 6.26. The number of nitrogens with zero attached hydrogens (tertiary/aromatic N) is 3. The molecule has 0 bridgehead atoms. The zero-order valence-electron chi connectivity index (χ0n) is 17.7. The fraction of sp³-hybridized carbons (Fsp3) is 0.208. The molecule has 2 aliphatic heterocycles. The first kappa shape index (κ1) is 20.9. The zero-order valence-corrected chi connectivity index (χ0v) is 18.5. The maximum Gasteiger partial charge on any atom is 0.193 e. The van der Waals surface area contributed by atoms with Crippen LogP contribution in [0.1, 0.15) is 16.8 Å². The minimum Gasteiger partial charge on any atom is -0.373 e. The molecular formula is C24H22BClFN5. The van der Waals surface area contributed by atoms with Crippen molar-refractivity contribution in [1.29, 1.82) is 5.41 Å². The van der Waals surface area contributed by atoms with Crippen molar-refractivity contribution in [3.8, 4) is 0 Å². The van der Waals surface area contributed by atoms with Crippen LogP contribution >= 0.6 is 11.6 Å². The van der Waals surface area contributed by atoms with Gasteiger partial charge in [-0.3, -0.25) is 10.4 Å². The number of allylic oxidation sites excluding steroid dienone is 1. The molecule has 0 amide bonds. The Balaban J connectivity index is 1.49. The highest BCUT2D eigenvalue weighted by Gasteiger charge is 2.36. The monoisotopic (exact) mass is 445 g/mol. The van der Waals surface area contributed by atoms with E-state index < -0.39 is 5.82 Å². The highest BCUT2D eigenvalue weighted by Crippen LogP contribution is 2.31. The summed E-state index contributed by atoms with van der Waals surface area (Å²) in [6.07, 6.45) is 1.89. The molecule has 3 aromatic rings. The molecule has 8 heteroatoms. The molecule has 32 heavy (non-hydrogen) atoms. The summed E-state index contributed by atoms with van der Waals surface area (Å²) in [7, 11) is 0. The van der Waals surface area contributed by atoms with Gasteiger partial charge in [0.15, 0.2) is 6.71 Å². The van der Waals surface area contributed by atoms with Crippen LogP contribution in [0.4, 0.5) is 4.39 Å². The molecule has 1 atom stereocenters. The van der Waals surface area contributed by atoms with Crippen molar-refractivity contribution < 1.29 is 4.39 Å². The molecule has 5 nitrogen and oxygen atoms in total. The summed E-state index contributed by atoms with van der Waals surface area (Å²) in [5.74, 6) is 2.25. The molecule has 2 aromatic heterocycles. The number of benzene rings is 1. The normalized spacial score (nSPS) is 18.0. The number of fused-ring (bicyclic) bond motifs is 2. The topological polar surface area (TPSA) is 64.9 Å². The molecule has 1 saturated heterocycles. The first-order chi connectivity index (χ1) is 15.4. The molecule has 0 aliphatic carbocycles. The van der Waals surface area contributed by atoms with Crippen molar-refractivity contribution in [2.24, 2.45) is 0 Å². The van der Waals surface area contributed by atoms with Crippen molar-refractivity contribution in [1.82, 2.24) is 20.2 Å². The van der Waals surface area contributed by atoms with Gasteiger partial charge in [0.05, 0.1) is 22.4 Å². The van der Waals surface area contributed by atoms with Crippen LogP contribution in [0.3, 0.4) is 0 Å². The average Bonchev–Trinajstić information content (AvgIpc) is 3.15. The predicted octanol–water partition coefficient (Wildman–Crippen LogP) is 4.33. The first-order valence-electron chi connectivity index (χ1n) is 10.6. The van der Waals surface area contributed by atoms with E-state index in [1.54, 1.807) is 6.07 Å². The van der Waals surface area contributed by atoms with Crippen molar-refractivity contribution in [3.05, 3.63) is 82.8 Å². The van der Waals surface area contributed by atoms with Gasteiger partial charge in [-0.25, -0.2) is 9.37 Å². The van der Waals surface area contributed by atoms with Crippen LogP contribution in [0.2, 0.25) is 11.8 Å². The molecule has 5 rings (SSSR count). The summed E-state index contributed by atoms with van der Waals surface area (Å²) in [6, 6.07) is 9.79. The maximum absolute atomic E-state index is 14.3. The number of aromatic nitrogens is 2. The van der Waals surface area contributed by atoms with Gasteiger partial charge in [0.1, 0.15) is 5.82 Å². The van der Waals surface area contributed by atoms with Crippen LogP contribution < -0.4 is 5.32 Å². The zero-order chi connectivity index (χ0) is 22.4. The Morgan fingerprint density at radius 2 is 2.12 bits per heavy atom. The van der Waals surface area contributed by atoms with Gasteiger partial charge in [0.2, 0.25) is 0 Å². The number of nitrogens with one attached hydrogen (secondary N) is 2. The van der Waals surface area contributed by atoms with Gasteiger partial charge in [-0.05, 0) is 36.4 Å². The Bertz CT molecular complexity index is 1290. The number of pyridine rings is 2. The van der Waals surface area contributed by atoms with E-state index in [1.165, 1.54) is 23.9 Å². The second-order valence-electron chi connectivity index (χ2n) is 8.31. The van der Waals surface area contributed by atoms with Gasteiger partial charge in [0, 0.05) is 59.2 Å². The summed E-state index contributed by atoms with van der Waals surface area (Å²) in [5.41, 5.74) is 4.59. The van der Waals surface area contributed by atoms with E-state index in [-0.39, 0.29) is 11.3 Å². The number of halogens is 2. The minimum absolute atomic E-state index is 0.0445. The Morgan fingerprint density at radius 1 is 1.28 bits per heavy atom. The van der Waals surface area contributed by atoms with Gasteiger partial charge in [-0.2, -0.15) is 0 Å². The fourth-order valence-corrected chi connectivity index (χ4v) is 4.68. The number of piperazine rings is 1. The van der Waals surface area contributed by atoms with Crippen LogP contribution in [-0.4, -0.2) is 52.9 Å². The Labute approximate surface area is 191 Å². The lowest BCUT2D eigenvalue weighted by Crippen LogP contribution is -2.52. The van der Waals surface area contributed by atoms with E-state index in [1.807, 2.05) is 18.3 Å². The number of rotatable bonds is 4. The molecule has 1 unspecified atom stereocenters. The van der Waals surface area contributed by atoms with E-state index in [0.717, 1.165) is 30.7 Å². The van der Waals surface area contributed by atoms with Crippen LogP contribution in [0.5, 0.6) is 0 Å². The fourth-order valence-electron chi connectivity index (χ4n) is 4.51. The van der Waals surface area contributed by atoms with Gasteiger partial charge >= 0.3 is 0 Å². The molecule has 0 saturated carbocycles. The smallest absolute Gasteiger partial charge is 0.193 e. The van der Waals surface area contributed by atoms with Crippen LogP contribution in [0.15, 0.2) is 55.1 Å². The largest absolute Gasteiger partial charge is 0.373 e. The van der Waals surface area contributed by atoms with Gasteiger partial charge in [-0.1, -0.05) is 31.0 Å². The van der Waals surface area contributed by atoms with E-state index in [2.05, 4.69) is 34.6 Å². The predicted molar refractivity (Wildman–Crippen MR) is 130 cm³/mol. The molecule has 1 aromatic carbocycles. The van der Waals surface area contributed by atoms with Crippen molar-refractivity contribution >= 4 is 46.3 Å². The van der Waals surface area contributed by atoms with Crippen molar-refractivity contribution in [3.63, 3.8) is 0 Å². The molecule has 4 heterocycles. The maximum atomic E-state index is 14.3. The molecule has 1 fully saturated rings. The Morgan fingerprint density at radius 3 is 2.97 bits per heavy atom. The Hall–Kier alpha value is -3.03. The SMILES string of the molecule is C=C(C(=N)c1cc(Cl)ccc1F)c1ccc2ncc(C3=CB(C)C4CNCCN34)cc2n1. The van der Waals surface area contributed by atoms with Gasteiger partial charge < -0.3 is 10.2 Å². The first-order valence-corrected chi connectivity index (χ1v) is 11.0. The lowest BCUT2D eigenvalue weighted by atomic mass is 9.47. The lowest BCUT2D eigenvalue weighted by Gasteiger charge is -2.36. The quantitative estimate of drug-likeness (QED) is 0.463. The molecule has 0 radical (unpaired) electrons. The standard InChI is InChI=1S/C24H22BClFN5/c1-14(24(28)17-10-16(26)3-4-18(17)27)19-5-6-20-21(31-19)9-15(12-30-20)22-11-25(2)23-13-29-7-8-32(22)23/h3-6,9-12,23,28-29H,1,7-8,13H2,2H3. The van der Waals surface area contributed by atoms with Crippen LogP contribution in [0, 0.1) is 11.2 Å². The summed E-state index contributed by atoms with van der Waals surface area (Å²) in [6.45, 7) is 9.61. The van der Waals surface area contributed by atoms with Crippen molar-refractivity contribution in [2.75, 3.05) is 19.6 Å². The van der Waals surface area contributed by atoms with Crippen LogP contribution in [-0.2, 0) is 0 Å². The highest BCUT2D eigenvalue weighted by molar-refractivity contribution is 6.67. The molecule has 2 aliphatic rings. The summed E-state index contributed by atoms with van der Waals surface area (Å²) >= 11 is 6.00. The minimum atomic E-state index is -0.516. The van der Waals surface area contributed by atoms with E-state index >= 15 is 0 Å². The average molecular weight is 446 g/mol. The summed E-state index contributed by atoms with van der Waals surface area (Å²) in [5, 5.41) is 12.3. The highest BCUT2D eigenvalue weighted by atomic mass is 35.5. The summed E-state index contributed by atoms with van der Waals surface area (Å²) < 4.78 is 14.3. The number of hydrogen-bond donors (Lipinski definition) is 2. The lowest BCUT2D eigenvalue weighted by molar-refractivity contribution is 0.311. The third-order valence-corrected chi connectivity index (χ3v) is 6.50. The van der Waals surface area contributed by atoms with Gasteiger partial charge in [-0.15, -0.1) is 0 Å². The van der Waals surface area contributed by atoms with E-state index in [9.17, 15) is 4.39 Å². The molecule has 160 valence electrons. The van der Waals surface area contributed by atoms with E-state index in [4.69, 9.17) is 22.0 Å². The number of hydrogen-bond acceptors (Lipinski definition) is 5. The summed E-state index contributed by atoms with van der Waals surface area (Å²) in [4.78, 5) is 11.8.